The number of piperidine rings is 1. The molecule has 4 rings (SSSR count). The van der Waals surface area contributed by atoms with Crippen molar-refractivity contribution in [3.05, 3.63) is 17.7 Å². The molecule has 1 aliphatic carbocycles. The van der Waals surface area contributed by atoms with Crippen molar-refractivity contribution in [3.8, 4) is 11.5 Å². The monoisotopic (exact) mass is 446 g/mol. The summed E-state index contributed by atoms with van der Waals surface area (Å²) in [6, 6.07) is 3.23. The van der Waals surface area contributed by atoms with Gasteiger partial charge in [0.25, 0.3) is 5.91 Å². The zero-order valence-electron chi connectivity index (χ0n) is 18.5. The Morgan fingerprint density at radius 1 is 1.22 bits per heavy atom. The number of hydrogen-bond donors (Lipinski definition) is 1. The summed E-state index contributed by atoms with van der Waals surface area (Å²) in [5, 5.41) is 11.0. The molecule has 1 aromatic rings. The topological polar surface area (TPSA) is 106 Å². The number of carbonyl (C=O) groups excluding carboxylic acids is 3. The zero-order chi connectivity index (χ0) is 22.8. The van der Waals surface area contributed by atoms with Crippen LogP contribution >= 0.6 is 0 Å². The van der Waals surface area contributed by atoms with E-state index < -0.39 is 6.23 Å². The molecule has 4 atom stereocenters. The number of esters is 1. The van der Waals surface area contributed by atoms with Crippen molar-refractivity contribution in [1.82, 2.24) is 4.90 Å². The largest absolute Gasteiger partial charge is 0.493 e. The van der Waals surface area contributed by atoms with Crippen LogP contribution in [-0.2, 0) is 14.3 Å². The molecular formula is C23H30N2O7. The van der Waals surface area contributed by atoms with Crippen LogP contribution in [0.15, 0.2) is 12.1 Å². The molecule has 2 fully saturated rings. The van der Waals surface area contributed by atoms with E-state index in [1.807, 2.05) is 4.90 Å². The van der Waals surface area contributed by atoms with Gasteiger partial charge >= 0.3 is 5.97 Å². The van der Waals surface area contributed by atoms with Crippen molar-refractivity contribution in [3.63, 3.8) is 0 Å². The minimum Gasteiger partial charge on any atom is -0.493 e. The highest BCUT2D eigenvalue weighted by molar-refractivity contribution is 6.03. The number of amides is 2. The lowest BCUT2D eigenvalue weighted by molar-refractivity contribution is -0.140. The normalized spacial score (nSPS) is 26.5. The lowest BCUT2D eigenvalue weighted by atomic mass is 9.96. The van der Waals surface area contributed by atoms with Gasteiger partial charge in [-0.1, -0.05) is 0 Å². The molecule has 2 aliphatic heterocycles. The van der Waals surface area contributed by atoms with Gasteiger partial charge in [-0.05, 0) is 44.1 Å². The van der Waals surface area contributed by atoms with Crippen molar-refractivity contribution in [2.75, 3.05) is 32.3 Å². The molecule has 4 unspecified atom stereocenters. The maximum Gasteiger partial charge on any atom is 0.305 e. The molecular weight excluding hydrogens is 416 g/mol. The molecule has 0 bridgehead atoms. The van der Waals surface area contributed by atoms with Gasteiger partial charge in [0.1, 0.15) is 6.23 Å². The summed E-state index contributed by atoms with van der Waals surface area (Å²) in [7, 11) is 2.81. The quantitative estimate of drug-likeness (QED) is 0.388. The predicted octanol–water partition coefficient (Wildman–Crippen LogP) is 1.95. The van der Waals surface area contributed by atoms with E-state index in [-0.39, 0.29) is 42.8 Å². The fourth-order valence-corrected chi connectivity index (χ4v) is 5.01. The Labute approximate surface area is 187 Å². The van der Waals surface area contributed by atoms with E-state index >= 15 is 0 Å². The number of hydrogen-bond acceptors (Lipinski definition) is 7. The highest BCUT2D eigenvalue weighted by atomic mass is 16.5. The van der Waals surface area contributed by atoms with Crippen LogP contribution in [-0.4, -0.2) is 67.9 Å². The molecule has 0 radical (unpaired) electrons. The summed E-state index contributed by atoms with van der Waals surface area (Å²) in [5.41, 5.74) is 0.612. The van der Waals surface area contributed by atoms with E-state index in [0.717, 1.165) is 25.7 Å². The molecule has 9 heteroatoms. The van der Waals surface area contributed by atoms with Crippen LogP contribution in [0, 0.1) is 11.8 Å². The Morgan fingerprint density at radius 3 is 2.75 bits per heavy atom. The molecule has 1 saturated carbocycles. The highest BCUT2D eigenvalue weighted by Crippen LogP contribution is 2.51. The van der Waals surface area contributed by atoms with Gasteiger partial charge in [0.2, 0.25) is 6.41 Å². The van der Waals surface area contributed by atoms with E-state index in [1.165, 1.54) is 19.1 Å². The van der Waals surface area contributed by atoms with Crippen LogP contribution in [0.3, 0.4) is 0 Å². The molecule has 1 N–H and O–H groups in total. The first-order chi connectivity index (χ1) is 15.5. The van der Waals surface area contributed by atoms with E-state index in [0.29, 0.717) is 42.1 Å². The van der Waals surface area contributed by atoms with Crippen molar-refractivity contribution >= 4 is 24.0 Å². The van der Waals surface area contributed by atoms with Crippen LogP contribution in [0.25, 0.3) is 0 Å². The maximum atomic E-state index is 13.6. The Kier molecular flexibility index (Phi) is 6.55. The number of carbonyl (C=O) groups is 3. The van der Waals surface area contributed by atoms with Crippen molar-refractivity contribution < 1.29 is 33.7 Å². The van der Waals surface area contributed by atoms with Gasteiger partial charge in [0, 0.05) is 31.0 Å². The first-order valence-corrected chi connectivity index (χ1v) is 11.1. The van der Waals surface area contributed by atoms with E-state index in [2.05, 4.69) is 4.74 Å². The third-order valence-electron chi connectivity index (χ3n) is 6.78. The van der Waals surface area contributed by atoms with Gasteiger partial charge in [-0.15, -0.1) is 0 Å². The minimum atomic E-state index is -1.01. The van der Waals surface area contributed by atoms with Crippen LogP contribution in [0.2, 0.25) is 0 Å². The lowest BCUT2D eigenvalue weighted by Gasteiger charge is -2.36. The number of aliphatic hydroxyl groups excluding tert-OH is 1. The molecule has 2 heterocycles. The Balaban J connectivity index is 1.69. The number of aliphatic hydroxyl groups is 1. The second-order valence-electron chi connectivity index (χ2n) is 8.60. The zero-order valence-corrected chi connectivity index (χ0v) is 18.5. The molecule has 1 saturated heterocycles. The first kappa shape index (κ1) is 22.4. The lowest BCUT2D eigenvalue weighted by Crippen LogP contribution is -2.45. The number of methoxy groups -OCH3 is 2. The average Bonchev–Trinajstić information content (AvgIpc) is 3.61. The van der Waals surface area contributed by atoms with Gasteiger partial charge < -0.3 is 24.2 Å². The predicted molar refractivity (Wildman–Crippen MR) is 115 cm³/mol. The van der Waals surface area contributed by atoms with Crippen LogP contribution in [0.4, 0.5) is 5.69 Å². The summed E-state index contributed by atoms with van der Waals surface area (Å²) in [5.74, 6) is 0.342. The molecule has 3 aliphatic rings. The van der Waals surface area contributed by atoms with E-state index in [1.54, 1.807) is 12.1 Å². The second-order valence-corrected chi connectivity index (χ2v) is 8.60. The Bertz CT molecular complexity index is 889. The number of ether oxygens (including phenoxy) is 3. The number of benzene rings is 1. The molecule has 32 heavy (non-hydrogen) atoms. The molecule has 174 valence electrons. The molecule has 9 nitrogen and oxygen atoms in total. The third-order valence-corrected chi connectivity index (χ3v) is 6.78. The summed E-state index contributed by atoms with van der Waals surface area (Å²) in [4.78, 5) is 40.1. The second kappa shape index (κ2) is 9.36. The fourth-order valence-electron chi connectivity index (χ4n) is 5.01. The van der Waals surface area contributed by atoms with Gasteiger partial charge in [-0.3, -0.25) is 19.3 Å². The fraction of sp³-hybridized carbons (Fsp3) is 0.609. The molecule has 1 aromatic carbocycles. The van der Waals surface area contributed by atoms with Crippen LogP contribution in [0.5, 0.6) is 11.5 Å². The van der Waals surface area contributed by atoms with Crippen LogP contribution in [0.1, 0.15) is 48.9 Å². The number of fused-ring (bicyclic) bond motifs is 4. The minimum absolute atomic E-state index is 0.0592. The van der Waals surface area contributed by atoms with E-state index in [4.69, 9.17) is 9.47 Å². The summed E-state index contributed by atoms with van der Waals surface area (Å²) in [6.45, 7) is 0.887. The Morgan fingerprint density at radius 2 is 2.03 bits per heavy atom. The average molecular weight is 447 g/mol. The summed E-state index contributed by atoms with van der Waals surface area (Å²) in [6.07, 6.45) is 3.91. The molecule has 2 amide bonds. The summed E-state index contributed by atoms with van der Waals surface area (Å²) >= 11 is 0. The van der Waals surface area contributed by atoms with E-state index in [9.17, 15) is 19.5 Å². The standard InChI is InChI=1S/C23H30N2O7/c1-30-19-11-16-18(12-20(19)32-9-5-7-21(27)31-2)25(13-26)22(28)15-10-14(15)17-6-3-4-8-24(17)23(16)29/h11-15,17,22,28H,3-10H2,1-2H3. The number of anilines is 1. The SMILES string of the molecule is COC(=O)CCCOc1cc2c(cc1OC)C(=O)N1CCCCC1C1CC1C(O)N2C=O. The van der Waals surface area contributed by atoms with Crippen LogP contribution < -0.4 is 14.4 Å². The van der Waals surface area contributed by atoms with Crippen molar-refractivity contribution in [2.45, 2.75) is 50.8 Å². The smallest absolute Gasteiger partial charge is 0.305 e. The van der Waals surface area contributed by atoms with Gasteiger partial charge in [0.05, 0.1) is 32.1 Å². The number of rotatable bonds is 7. The Hall–Kier alpha value is -2.81. The van der Waals surface area contributed by atoms with Gasteiger partial charge in [-0.25, -0.2) is 0 Å². The van der Waals surface area contributed by atoms with Gasteiger partial charge in [-0.2, -0.15) is 0 Å². The molecule has 0 aromatic heterocycles. The highest BCUT2D eigenvalue weighted by Gasteiger charge is 2.53. The molecule has 0 spiro atoms. The van der Waals surface area contributed by atoms with Crippen molar-refractivity contribution in [1.29, 1.82) is 0 Å². The summed E-state index contributed by atoms with van der Waals surface area (Å²) < 4.78 is 15.9. The first-order valence-electron chi connectivity index (χ1n) is 11.1. The van der Waals surface area contributed by atoms with Gasteiger partial charge in [0.15, 0.2) is 11.5 Å². The third kappa shape index (κ3) is 4.13. The van der Waals surface area contributed by atoms with Crippen molar-refractivity contribution in [2.24, 2.45) is 11.8 Å². The maximum absolute atomic E-state index is 13.6. The number of nitrogens with zero attached hydrogens (tertiary/aromatic N) is 2.